The molecule has 0 radical (unpaired) electrons. The van der Waals surface area contributed by atoms with Gasteiger partial charge in [0.05, 0.1) is 0 Å². The van der Waals surface area contributed by atoms with E-state index in [4.69, 9.17) is 0 Å². The van der Waals surface area contributed by atoms with Crippen LogP contribution in [-0.4, -0.2) is 10.8 Å². The van der Waals surface area contributed by atoms with Gasteiger partial charge in [0.15, 0.2) is 5.84 Å². The van der Waals surface area contributed by atoms with Crippen molar-refractivity contribution in [3.05, 3.63) is 36.8 Å². The molecule has 0 unspecified atom stereocenters. The number of hydrazine groups is 1. The molecule has 0 bridgehead atoms. The average Bonchev–Trinajstić information content (AvgIpc) is 2.27. The van der Waals surface area contributed by atoms with E-state index in [1.165, 1.54) is 0 Å². The van der Waals surface area contributed by atoms with E-state index in [0.717, 1.165) is 5.84 Å². The smallest absolute Gasteiger partial charge is 0.153 e. The Hall–Kier alpha value is -1.51. The van der Waals surface area contributed by atoms with Crippen LogP contribution in [0.5, 0.6) is 0 Å². The highest BCUT2D eigenvalue weighted by Gasteiger charge is 2.14. The minimum absolute atomic E-state index is 0.686. The van der Waals surface area contributed by atoms with E-state index in [0.29, 0.717) is 5.82 Å². The van der Waals surface area contributed by atoms with Gasteiger partial charge in [0.2, 0.25) is 0 Å². The molecule has 0 aromatic heterocycles. The molecule has 3 heteroatoms. The van der Waals surface area contributed by atoms with Gasteiger partial charge in [0, 0.05) is 6.20 Å². The largest absolute Gasteiger partial charge is 0.277 e. The van der Waals surface area contributed by atoms with Gasteiger partial charge in [-0.05, 0) is 12.2 Å². The third-order valence-electron chi connectivity index (χ3n) is 1.34. The summed E-state index contributed by atoms with van der Waals surface area (Å²) in [6.07, 6.45) is 7.70. The Kier molecular flexibility index (Phi) is 0.917. The summed E-state index contributed by atoms with van der Waals surface area (Å²) in [6, 6.07) is 0. The minimum atomic E-state index is 0.686. The number of rotatable bonds is 0. The summed E-state index contributed by atoms with van der Waals surface area (Å²) in [6.45, 7) is 3.67. The summed E-state index contributed by atoms with van der Waals surface area (Å²) < 4.78 is 0. The topological polar surface area (TPSA) is 27.6 Å². The summed E-state index contributed by atoms with van der Waals surface area (Å²) in [7, 11) is 0. The van der Waals surface area contributed by atoms with Crippen LogP contribution in [0.15, 0.2) is 41.8 Å². The van der Waals surface area contributed by atoms with Crippen molar-refractivity contribution in [3.63, 3.8) is 0 Å². The van der Waals surface area contributed by atoms with Crippen LogP contribution in [0.4, 0.5) is 0 Å². The van der Waals surface area contributed by atoms with Crippen LogP contribution in [-0.2, 0) is 0 Å². The lowest BCUT2D eigenvalue weighted by molar-refractivity contribution is 0.489. The fourth-order valence-corrected chi connectivity index (χ4v) is 0.922. The molecule has 2 rings (SSSR count). The van der Waals surface area contributed by atoms with Crippen molar-refractivity contribution in [2.75, 3.05) is 0 Å². The molecule has 0 saturated heterocycles. The fourth-order valence-electron chi connectivity index (χ4n) is 0.922. The van der Waals surface area contributed by atoms with Crippen molar-refractivity contribution in [1.82, 2.24) is 10.4 Å². The number of aliphatic imine (C=N–C) groups is 1. The van der Waals surface area contributed by atoms with Gasteiger partial charge in [-0.15, -0.1) is 0 Å². The Morgan fingerprint density at radius 2 is 2.40 bits per heavy atom. The minimum Gasteiger partial charge on any atom is -0.277 e. The van der Waals surface area contributed by atoms with E-state index in [-0.39, 0.29) is 0 Å². The summed E-state index contributed by atoms with van der Waals surface area (Å²) in [5.74, 6) is 1.58. The van der Waals surface area contributed by atoms with E-state index in [1.54, 1.807) is 0 Å². The standard InChI is InChI=1S/C7H7N3/c1-6-8-7-4-2-3-5-10(7)9-6/h2-5,9H,1H2. The Morgan fingerprint density at radius 3 is 3.20 bits per heavy atom. The first-order chi connectivity index (χ1) is 4.86. The number of nitrogens with zero attached hydrogens (tertiary/aromatic N) is 2. The molecule has 2 aliphatic heterocycles. The maximum absolute atomic E-state index is 4.11. The Bertz CT molecular complexity index is 260. The zero-order valence-corrected chi connectivity index (χ0v) is 5.41. The third-order valence-corrected chi connectivity index (χ3v) is 1.34. The van der Waals surface area contributed by atoms with Crippen LogP contribution in [0.1, 0.15) is 0 Å². The molecule has 0 aliphatic carbocycles. The second kappa shape index (κ2) is 1.73. The molecule has 50 valence electrons. The van der Waals surface area contributed by atoms with Gasteiger partial charge in [-0.1, -0.05) is 12.7 Å². The lowest BCUT2D eigenvalue weighted by atomic mass is 10.4. The van der Waals surface area contributed by atoms with Gasteiger partial charge >= 0.3 is 0 Å². The molecule has 0 fully saturated rings. The molecule has 0 aromatic carbocycles. The van der Waals surface area contributed by atoms with Crippen molar-refractivity contribution in [2.45, 2.75) is 0 Å². The van der Waals surface area contributed by atoms with Gasteiger partial charge in [0.25, 0.3) is 0 Å². The molecular weight excluding hydrogens is 126 g/mol. The van der Waals surface area contributed by atoms with Crippen molar-refractivity contribution in [1.29, 1.82) is 0 Å². The highest BCUT2D eigenvalue weighted by atomic mass is 15.6. The predicted molar refractivity (Wildman–Crippen MR) is 39.8 cm³/mol. The van der Waals surface area contributed by atoms with Crippen molar-refractivity contribution < 1.29 is 0 Å². The van der Waals surface area contributed by atoms with Crippen LogP contribution < -0.4 is 5.43 Å². The van der Waals surface area contributed by atoms with Crippen LogP contribution in [0, 0.1) is 0 Å². The van der Waals surface area contributed by atoms with Crippen molar-refractivity contribution in [2.24, 2.45) is 4.99 Å². The number of hydrogen-bond donors (Lipinski definition) is 1. The van der Waals surface area contributed by atoms with Crippen LogP contribution in [0.25, 0.3) is 0 Å². The Balaban J connectivity index is 2.37. The van der Waals surface area contributed by atoms with E-state index in [1.807, 2.05) is 29.4 Å². The Labute approximate surface area is 59.0 Å². The zero-order chi connectivity index (χ0) is 6.97. The monoisotopic (exact) mass is 133 g/mol. The van der Waals surface area contributed by atoms with Gasteiger partial charge in [-0.25, -0.2) is 10.0 Å². The van der Waals surface area contributed by atoms with Gasteiger partial charge in [-0.2, -0.15) is 0 Å². The SMILES string of the molecule is C=C1N=C2C=CC=CN2N1. The first-order valence-electron chi connectivity index (χ1n) is 3.04. The maximum atomic E-state index is 4.11. The summed E-state index contributed by atoms with van der Waals surface area (Å²) in [5.41, 5.74) is 2.95. The summed E-state index contributed by atoms with van der Waals surface area (Å²) in [4.78, 5) is 4.11. The van der Waals surface area contributed by atoms with Crippen LogP contribution in [0.3, 0.4) is 0 Å². The van der Waals surface area contributed by atoms with Gasteiger partial charge in [0.1, 0.15) is 5.82 Å². The average molecular weight is 133 g/mol. The highest BCUT2D eigenvalue weighted by Crippen LogP contribution is 2.09. The van der Waals surface area contributed by atoms with Crippen LogP contribution >= 0.6 is 0 Å². The van der Waals surface area contributed by atoms with E-state index in [2.05, 4.69) is 17.0 Å². The predicted octanol–water partition coefficient (Wildman–Crippen LogP) is 0.760. The highest BCUT2D eigenvalue weighted by molar-refractivity contribution is 5.96. The number of fused-ring (bicyclic) bond motifs is 1. The number of amidine groups is 1. The molecule has 10 heavy (non-hydrogen) atoms. The molecular formula is C7H7N3. The molecule has 0 amide bonds. The third kappa shape index (κ3) is 0.639. The number of nitrogens with one attached hydrogen (secondary N) is 1. The van der Waals surface area contributed by atoms with E-state index < -0.39 is 0 Å². The number of allylic oxidation sites excluding steroid dienone is 2. The van der Waals surface area contributed by atoms with Gasteiger partial charge < -0.3 is 0 Å². The Morgan fingerprint density at radius 1 is 1.50 bits per heavy atom. The second-order valence-corrected chi connectivity index (χ2v) is 2.10. The fraction of sp³-hybridized carbons (Fsp3) is 0. The number of hydrogen-bond acceptors (Lipinski definition) is 3. The lowest BCUT2D eigenvalue weighted by Crippen LogP contribution is -2.30. The second-order valence-electron chi connectivity index (χ2n) is 2.10. The molecule has 0 atom stereocenters. The molecule has 2 aliphatic rings. The van der Waals surface area contributed by atoms with Crippen LogP contribution in [0.2, 0.25) is 0 Å². The maximum Gasteiger partial charge on any atom is 0.153 e. The lowest BCUT2D eigenvalue weighted by Gasteiger charge is -2.14. The van der Waals surface area contributed by atoms with Crippen molar-refractivity contribution in [3.8, 4) is 0 Å². The molecule has 3 nitrogen and oxygen atoms in total. The molecule has 1 N–H and O–H groups in total. The first-order valence-corrected chi connectivity index (χ1v) is 3.04. The molecule has 2 heterocycles. The zero-order valence-electron chi connectivity index (χ0n) is 5.41. The summed E-state index contributed by atoms with van der Waals surface area (Å²) >= 11 is 0. The quantitative estimate of drug-likeness (QED) is 0.528. The first kappa shape index (κ1) is 5.29. The molecule has 0 spiro atoms. The van der Waals surface area contributed by atoms with Gasteiger partial charge in [-0.3, -0.25) is 5.43 Å². The van der Waals surface area contributed by atoms with Crippen molar-refractivity contribution >= 4 is 5.84 Å². The normalized spacial score (nSPS) is 20.6. The van der Waals surface area contributed by atoms with E-state index >= 15 is 0 Å². The molecule has 0 aromatic rings. The summed E-state index contributed by atoms with van der Waals surface area (Å²) in [5, 5.41) is 1.82. The molecule has 0 saturated carbocycles. The van der Waals surface area contributed by atoms with E-state index in [9.17, 15) is 0 Å².